The van der Waals surface area contributed by atoms with E-state index in [-0.39, 0.29) is 25.3 Å². The number of hydrogen-bond donors (Lipinski definition) is 2. The molecule has 15 heteroatoms. The van der Waals surface area contributed by atoms with Crippen LogP contribution in [0.3, 0.4) is 0 Å². The van der Waals surface area contributed by atoms with Crippen molar-refractivity contribution in [2.75, 3.05) is 60.0 Å². The summed E-state index contributed by atoms with van der Waals surface area (Å²) in [4.78, 5) is 79.7. The molecule has 3 atom stereocenters. The van der Waals surface area contributed by atoms with E-state index >= 15 is 0 Å². The summed E-state index contributed by atoms with van der Waals surface area (Å²) in [6, 6.07) is -3.16. The van der Waals surface area contributed by atoms with Crippen molar-refractivity contribution in [2.24, 2.45) is 0 Å². The first-order valence-corrected chi connectivity index (χ1v) is 14.3. The fourth-order valence-electron chi connectivity index (χ4n) is 3.49. The van der Waals surface area contributed by atoms with E-state index < -0.39 is 66.1 Å². The third-order valence-corrected chi connectivity index (χ3v) is 6.30. The number of amides is 5. The molecule has 0 saturated heterocycles. The van der Waals surface area contributed by atoms with Crippen LogP contribution in [0.15, 0.2) is 12.7 Å². The third kappa shape index (κ3) is 13.1. The smallest absolute Gasteiger partial charge is 0.410 e. The topological polar surface area (TPSA) is 164 Å². The molecule has 0 spiro atoms. The summed E-state index contributed by atoms with van der Waals surface area (Å²) < 4.78 is 14.8. The lowest BCUT2D eigenvalue weighted by molar-refractivity contribution is -0.146. The van der Waals surface area contributed by atoms with Crippen LogP contribution in [-0.4, -0.2) is 134 Å². The van der Waals surface area contributed by atoms with Crippen LogP contribution in [0.2, 0.25) is 0 Å². The van der Waals surface area contributed by atoms with Gasteiger partial charge in [0.2, 0.25) is 17.7 Å². The third-order valence-electron chi connectivity index (χ3n) is 5.65. The summed E-state index contributed by atoms with van der Waals surface area (Å²) in [5.41, 5.74) is -0.855. The minimum absolute atomic E-state index is 0.0201. The highest BCUT2D eigenvalue weighted by Gasteiger charge is 2.36. The summed E-state index contributed by atoms with van der Waals surface area (Å²) in [5.74, 6) is -2.24. The van der Waals surface area contributed by atoms with E-state index in [0.717, 1.165) is 7.11 Å². The van der Waals surface area contributed by atoms with E-state index in [9.17, 15) is 28.8 Å². The minimum atomic E-state index is -1.30. The Hall–Kier alpha value is -3.49. The van der Waals surface area contributed by atoms with Crippen molar-refractivity contribution in [3.63, 3.8) is 0 Å². The second-order valence-electron chi connectivity index (χ2n) is 10.0. The first kappa shape index (κ1) is 37.5. The lowest BCUT2D eigenvalue weighted by atomic mass is 10.1. The van der Waals surface area contributed by atoms with Crippen molar-refractivity contribution in [3.05, 3.63) is 12.7 Å². The zero-order chi connectivity index (χ0) is 31.9. The van der Waals surface area contributed by atoms with Crippen molar-refractivity contribution < 1.29 is 43.0 Å². The number of alkyl carbamates (subject to hydrolysis) is 1. The van der Waals surface area contributed by atoms with Gasteiger partial charge in [-0.1, -0.05) is 19.6 Å². The molecule has 0 aromatic rings. The number of ether oxygens (including phenoxy) is 3. The number of carbonyl (C=O) groups excluding carboxylic acids is 6. The van der Waals surface area contributed by atoms with Crippen molar-refractivity contribution in [3.8, 4) is 0 Å². The fourth-order valence-corrected chi connectivity index (χ4v) is 4.17. The molecule has 0 fully saturated rings. The summed E-state index contributed by atoms with van der Waals surface area (Å²) in [7, 11) is 5.47. The van der Waals surface area contributed by atoms with Crippen LogP contribution in [0.1, 0.15) is 34.1 Å². The molecule has 0 heterocycles. The Kier molecular flexibility index (Phi) is 16.5. The summed E-state index contributed by atoms with van der Waals surface area (Å²) >= 11 is 1.32. The Morgan fingerprint density at radius 1 is 1.00 bits per heavy atom. The van der Waals surface area contributed by atoms with Gasteiger partial charge in [-0.2, -0.15) is 11.8 Å². The fraction of sp³-hybridized carbons (Fsp3) is 0.692. The molecule has 0 aliphatic carbocycles. The predicted octanol–water partition coefficient (Wildman–Crippen LogP) is 0.850. The zero-order valence-corrected chi connectivity index (χ0v) is 26.3. The molecule has 0 aliphatic rings. The number of carbonyl (C=O) groups is 6. The molecule has 0 aromatic carbocycles. The molecule has 0 rings (SSSR count). The van der Waals surface area contributed by atoms with Crippen LogP contribution in [0.4, 0.5) is 9.59 Å². The van der Waals surface area contributed by atoms with Crippen molar-refractivity contribution in [2.45, 2.75) is 57.8 Å². The average Bonchev–Trinajstić information content (AvgIpc) is 2.90. The maximum absolute atomic E-state index is 13.6. The summed E-state index contributed by atoms with van der Waals surface area (Å²) in [6.07, 6.45) is 1.83. The molecular weight excluding hydrogens is 558 g/mol. The molecule has 234 valence electrons. The molecule has 2 N–H and O–H groups in total. The molecule has 0 aliphatic heterocycles. The van der Waals surface area contributed by atoms with E-state index in [1.165, 1.54) is 53.7 Å². The number of thioether (sulfide) groups is 1. The van der Waals surface area contributed by atoms with Crippen LogP contribution < -0.4 is 10.6 Å². The highest BCUT2D eigenvalue weighted by Crippen LogP contribution is 2.15. The highest BCUT2D eigenvalue weighted by molar-refractivity contribution is 7.98. The Morgan fingerprint density at radius 2 is 1.61 bits per heavy atom. The molecule has 41 heavy (non-hydrogen) atoms. The second kappa shape index (κ2) is 18.0. The Morgan fingerprint density at radius 3 is 2.10 bits per heavy atom. The Bertz CT molecular complexity index is 941. The highest BCUT2D eigenvalue weighted by atomic mass is 32.2. The maximum atomic E-state index is 13.6. The predicted molar refractivity (Wildman–Crippen MR) is 154 cm³/mol. The standard InChI is InChI=1S/C26H45N5O9S/c1-11-13-39-25(37)31(8)18(12-2)23(35)30(7)19(16-41-10)22(34)29(6)15-17(21(33)27-14-20(32)38-9)28-24(36)40-26(3,4)5/h11,17-19H,1,12-16H2,2-10H3,(H,27,33)(H,28,36)/t17-,18-,19-/m0/s1. The Labute approximate surface area is 246 Å². The molecule has 0 saturated carbocycles. The van der Waals surface area contributed by atoms with Crippen LogP contribution in [-0.2, 0) is 33.4 Å². The van der Waals surface area contributed by atoms with Gasteiger partial charge < -0.3 is 34.6 Å². The minimum Gasteiger partial charge on any atom is -0.468 e. The van der Waals surface area contributed by atoms with Gasteiger partial charge in [0.25, 0.3) is 0 Å². The molecule has 0 radical (unpaired) electrons. The second-order valence-corrected chi connectivity index (χ2v) is 10.9. The molecule has 0 aromatic heterocycles. The number of likely N-dealkylation sites (N-methyl/N-ethyl adjacent to an activating group) is 3. The zero-order valence-electron chi connectivity index (χ0n) is 25.5. The SMILES string of the molecule is C=CCOC(=O)N(C)[C@@H](CC)C(=O)N(C)[C@@H](CSC)C(=O)N(C)C[C@H](NC(=O)OC(C)(C)C)C(=O)NCC(=O)OC. The lowest BCUT2D eigenvalue weighted by Gasteiger charge is -2.35. The molecule has 14 nitrogen and oxygen atoms in total. The van der Waals surface area contributed by atoms with Crippen molar-refractivity contribution in [1.29, 1.82) is 0 Å². The number of esters is 1. The quantitative estimate of drug-likeness (QED) is 0.156. The average molecular weight is 604 g/mol. The van der Waals surface area contributed by atoms with Gasteiger partial charge in [0.15, 0.2) is 0 Å². The number of hydrogen-bond acceptors (Lipinski definition) is 10. The first-order valence-electron chi connectivity index (χ1n) is 12.9. The number of rotatable bonds is 15. The molecule has 0 unspecified atom stereocenters. The number of methoxy groups -OCH3 is 1. The van der Waals surface area contributed by atoms with Crippen molar-refractivity contribution in [1.82, 2.24) is 25.3 Å². The first-order chi connectivity index (χ1) is 19.0. The van der Waals surface area contributed by atoms with Gasteiger partial charge in [-0.05, 0) is 33.4 Å². The molecular formula is C26H45N5O9S. The van der Waals surface area contributed by atoms with E-state index in [2.05, 4.69) is 21.9 Å². The monoisotopic (exact) mass is 603 g/mol. The van der Waals surface area contributed by atoms with Crippen LogP contribution in [0.25, 0.3) is 0 Å². The maximum Gasteiger partial charge on any atom is 0.410 e. The van der Waals surface area contributed by atoms with Gasteiger partial charge in [0.05, 0.1) is 7.11 Å². The number of nitrogens with zero attached hydrogens (tertiary/aromatic N) is 3. The summed E-state index contributed by atoms with van der Waals surface area (Å²) in [5, 5.41) is 4.78. The lowest BCUT2D eigenvalue weighted by Crippen LogP contribution is -2.58. The normalized spacial score (nSPS) is 13.0. The van der Waals surface area contributed by atoms with Gasteiger partial charge in [-0.15, -0.1) is 0 Å². The molecule has 5 amide bonds. The van der Waals surface area contributed by atoms with Crippen LogP contribution in [0.5, 0.6) is 0 Å². The van der Waals surface area contributed by atoms with E-state index in [4.69, 9.17) is 9.47 Å². The summed E-state index contributed by atoms with van der Waals surface area (Å²) in [6.45, 7) is 9.39. The molecule has 0 bridgehead atoms. The van der Waals surface area contributed by atoms with E-state index in [0.29, 0.717) is 0 Å². The van der Waals surface area contributed by atoms with Gasteiger partial charge in [-0.25, -0.2) is 9.59 Å². The van der Waals surface area contributed by atoms with Gasteiger partial charge in [0, 0.05) is 33.4 Å². The number of nitrogens with one attached hydrogen (secondary N) is 2. The van der Waals surface area contributed by atoms with Crippen LogP contribution in [0, 0.1) is 0 Å². The van der Waals surface area contributed by atoms with Gasteiger partial charge in [0.1, 0.15) is 36.9 Å². The van der Waals surface area contributed by atoms with Gasteiger partial charge >= 0.3 is 18.2 Å². The Balaban J connectivity index is 5.89. The van der Waals surface area contributed by atoms with Gasteiger partial charge in [-0.3, -0.25) is 24.1 Å². The van der Waals surface area contributed by atoms with E-state index in [1.807, 2.05) is 0 Å². The van der Waals surface area contributed by atoms with E-state index in [1.54, 1.807) is 34.0 Å². The van der Waals surface area contributed by atoms with Crippen molar-refractivity contribution >= 4 is 47.6 Å². The van der Waals surface area contributed by atoms with Crippen LogP contribution >= 0.6 is 11.8 Å². The largest absolute Gasteiger partial charge is 0.468 e.